The van der Waals surface area contributed by atoms with Crippen molar-refractivity contribution < 1.29 is 9.53 Å². The minimum absolute atomic E-state index is 0.0816. The normalized spacial score (nSPS) is 12.6. The third kappa shape index (κ3) is 3.07. The Hall–Kier alpha value is -1.43. The Morgan fingerprint density at radius 1 is 1.50 bits per heavy atom. The third-order valence-electron chi connectivity index (χ3n) is 2.75. The van der Waals surface area contributed by atoms with Crippen molar-refractivity contribution in [2.75, 3.05) is 19.0 Å². The number of benzene rings is 1. The minimum Gasteiger partial charge on any atom is -0.380 e. The standard InChI is InChI=1S/C13H16N2O2S/c1-17-11(8-14)7-13(16)15-10-2-3-12-9(6-10)4-5-18-12/h2-6,11H,7-8,14H2,1H3,(H,15,16). The summed E-state index contributed by atoms with van der Waals surface area (Å²) < 4.78 is 6.29. The molecule has 96 valence electrons. The van der Waals surface area contributed by atoms with Crippen molar-refractivity contribution >= 4 is 33.0 Å². The Balaban J connectivity index is 2.01. The van der Waals surface area contributed by atoms with E-state index in [2.05, 4.69) is 5.32 Å². The lowest BCUT2D eigenvalue weighted by Crippen LogP contribution is -2.28. The summed E-state index contributed by atoms with van der Waals surface area (Å²) in [5.41, 5.74) is 6.29. The van der Waals surface area contributed by atoms with Crippen molar-refractivity contribution in [1.29, 1.82) is 0 Å². The predicted molar refractivity (Wildman–Crippen MR) is 74.9 cm³/mol. The highest BCUT2D eigenvalue weighted by molar-refractivity contribution is 7.17. The van der Waals surface area contributed by atoms with E-state index in [0.29, 0.717) is 6.54 Å². The molecule has 0 bridgehead atoms. The highest BCUT2D eigenvalue weighted by atomic mass is 32.1. The lowest BCUT2D eigenvalue weighted by molar-refractivity contribution is -0.118. The Labute approximate surface area is 110 Å². The largest absolute Gasteiger partial charge is 0.380 e. The van der Waals surface area contributed by atoms with Crippen molar-refractivity contribution in [3.63, 3.8) is 0 Å². The number of nitrogens with one attached hydrogen (secondary N) is 1. The van der Waals surface area contributed by atoms with Crippen LogP contribution < -0.4 is 11.1 Å². The van der Waals surface area contributed by atoms with Crippen LogP contribution in [0.15, 0.2) is 29.6 Å². The van der Waals surface area contributed by atoms with Gasteiger partial charge in [0.15, 0.2) is 0 Å². The maximum atomic E-state index is 11.8. The fourth-order valence-corrected chi connectivity index (χ4v) is 2.50. The molecule has 0 saturated heterocycles. The van der Waals surface area contributed by atoms with E-state index >= 15 is 0 Å². The average Bonchev–Trinajstić information content (AvgIpc) is 2.83. The van der Waals surface area contributed by atoms with Crippen LogP contribution in [-0.2, 0) is 9.53 Å². The molecule has 5 heteroatoms. The summed E-state index contributed by atoms with van der Waals surface area (Å²) in [6.07, 6.45) is 0.0455. The Morgan fingerprint density at radius 2 is 2.33 bits per heavy atom. The van der Waals surface area contributed by atoms with Crippen molar-refractivity contribution in [2.24, 2.45) is 5.73 Å². The number of thiophene rings is 1. The molecule has 0 fully saturated rings. The summed E-state index contributed by atoms with van der Waals surface area (Å²) in [6, 6.07) is 7.91. The minimum atomic E-state index is -0.227. The van der Waals surface area contributed by atoms with E-state index in [-0.39, 0.29) is 18.4 Å². The van der Waals surface area contributed by atoms with Crippen LogP contribution in [0.2, 0.25) is 0 Å². The predicted octanol–water partition coefficient (Wildman–Crippen LogP) is 2.20. The molecule has 1 unspecified atom stereocenters. The van der Waals surface area contributed by atoms with Crippen LogP contribution in [0.4, 0.5) is 5.69 Å². The number of carbonyl (C=O) groups is 1. The molecule has 0 aliphatic rings. The molecule has 0 radical (unpaired) electrons. The van der Waals surface area contributed by atoms with Gasteiger partial charge in [-0.3, -0.25) is 4.79 Å². The number of anilines is 1. The molecule has 0 spiro atoms. The van der Waals surface area contributed by atoms with Gasteiger partial charge in [-0.15, -0.1) is 11.3 Å². The molecule has 1 amide bonds. The van der Waals surface area contributed by atoms with Crippen molar-refractivity contribution in [1.82, 2.24) is 0 Å². The fourth-order valence-electron chi connectivity index (χ4n) is 1.73. The molecule has 0 aliphatic carbocycles. The van der Waals surface area contributed by atoms with E-state index in [1.54, 1.807) is 18.4 Å². The van der Waals surface area contributed by atoms with Gasteiger partial charge in [-0.2, -0.15) is 0 Å². The van der Waals surface area contributed by atoms with Crippen LogP contribution in [0.3, 0.4) is 0 Å². The lowest BCUT2D eigenvalue weighted by Gasteiger charge is -2.12. The second kappa shape index (κ2) is 5.95. The van der Waals surface area contributed by atoms with Gasteiger partial charge < -0.3 is 15.8 Å². The van der Waals surface area contributed by atoms with Gasteiger partial charge in [0.2, 0.25) is 5.91 Å². The first-order valence-electron chi connectivity index (χ1n) is 5.73. The summed E-state index contributed by atoms with van der Waals surface area (Å²) in [7, 11) is 1.56. The number of carbonyl (C=O) groups excluding carboxylic acids is 1. The van der Waals surface area contributed by atoms with Gasteiger partial charge in [-0.25, -0.2) is 0 Å². The Kier molecular flexibility index (Phi) is 4.30. The number of hydrogen-bond donors (Lipinski definition) is 2. The van der Waals surface area contributed by atoms with Crippen LogP contribution in [0.25, 0.3) is 10.1 Å². The van der Waals surface area contributed by atoms with Gasteiger partial charge >= 0.3 is 0 Å². The first-order valence-corrected chi connectivity index (χ1v) is 6.61. The number of fused-ring (bicyclic) bond motifs is 1. The average molecular weight is 264 g/mol. The molecule has 1 atom stereocenters. The molecule has 2 aromatic rings. The zero-order chi connectivity index (χ0) is 13.0. The summed E-state index contributed by atoms with van der Waals surface area (Å²) in [4.78, 5) is 11.8. The van der Waals surface area contributed by atoms with E-state index in [4.69, 9.17) is 10.5 Å². The number of ether oxygens (including phenoxy) is 1. The fraction of sp³-hybridized carbons (Fsp3) is 0.308. The SMILES string of the molecule is COC(CN)CC(=O)Nc1ccc2sccc2c1. The number of nitrogens with two attached hydrogens (primary N) is 1. The van der Waals surface area contributed by atoms with Gasteiger partial charge in [-0.05, 0) is 35.0 Å². The summed E-state index contributed by atoms with van der Waals surface area (Å²) in [5, 5.41) is 6.03. The van der Waals surface area contributed by atoms with Gasteiger partial charge in [0.05, 0.1) is 12.5 Å². The van der Waals surface area contributed by atoms with Crippen LogP contribution in [0, 0.1) is 0 Å². The Bertz CT molecular complexity index is 535. The smallest absolute Gasteiger partial charge is 0.227 e. The van der Waals surface area contributed by atoms with E-state index in [1.807, 2.05) is 29.6 Å². The third-order valence-corrected chi connectivity index (χ3v) is 3.64. The van der Waals surface area contributed by atoms with Gasteiger partial charge in [-0.1, -0.05) is 0 Å². The molecule has 4 nitrogen and oxygen atoms in total. The maximum absolute atomic E-state index is 11.8. The topological polar surface area (TPSA) is 64.3 Å². The maximum Gasteiger partial charge on any atom is 0.227 e. The van der Waals surface area contributed by atoms with E-state index in [0.717, 1.165) is 11.1 Å². The van der Waals surface area contributed by atoms with E-state index < -0.39 is 0 Å². The second-order valence-corrected chi connectivity index (χ2v) is 4.97. The summed E-state index contributed by atoms with van der Waals surface area (Å²) in [6.45, 7) is 0.341. The number of rotatable bonds is 5. The zero-order valence-corrected chi connectivity index (χ0v) is 11.0. The van der Waals surface area contributed by atoms with Gasteiger partial charge in [0.25, 0.3) is 0 Å². The molecule has 1 heterocycles. The van der Waals surface area contributed by atoms with E-state index in [9.17, 15) is 4.79 Å². The van der Waals surface area contributed by atoms with Crippen molar-refractivity contribution in [3.05, 3.63) is 29.6 Å². The lowest BCUT2D eigenvalue weighted by atomic mass is 10.2. The highest BCUT2D eigenvalue weighted by Gasteiger charge is 2.11. The molecule has 0 saturated carbocycles. The van der Waals surface area contributed by atoms with Crippen LogP contribution >= 0.6 is 11.3 Å². The molecule has 18 heavy (non-hydrogen) atoms. The molecular weight excluding hydrogens is 248 g/mol. The highest BCUT2D eigenvalue weighted by Crippen LogP contribution is 2.24. The molecular formula is C13H16N2O2S. The Morgan fingerprint density at radius 3 is 3.06 bits per heavy atom. The molecule has 1 aromatic carbocycles. The molecule has 1 aromatic heterocycles. The van der Waals surface area contributed by atoms with Gasteiger partial charge in [0.1, 0.15) is 0 Å². The quantitative estimate of drug-likeness (QED) is 0.870. The molecule has 2 rings (SSSR count). The van der Waals surface area contributed by atoms with Crippen LogP contribution in [0.5, 0.6) is 0 Å². The monoisotopic (exact) mass is 264 g/mol. The molecule has 3 N–H and O–H groups in total. The van der Waals surface area contributed by atoms with E-state index in [1.165, 1.54) is 4.70 Å². The molecule has 0 aliphatic heterocycles. The van der Waals surface area contributed by atoms with Crippen molar-refractivity contribution in [3.8, 4) is 0 Å². The van der Waals surface area contributed by atoms with Crippen LogP contribution in [-0.4, -0.2) is 25.7 Å². The number of methoxy groups -OCH3 is 1. The number of amides is 1. The first-order chi connectivity index (χ1) is 8.72. The van der Waals surface area contributed by atoms with Crippen LogP contribution in [0.1, 0.15) is 6.42 Å². The van der Waals surface area contributed by atoms with Gasteiger partial charge in [0, 0.05) is 24.0 Å². The summed E-state index contributed by atoms with van der Waals surface area (Å²) >= 11 is 1.68. The second-order valence-electron chi connectivity index (χ2n) is 4.02. The summed E-state index contributed by atoms with van der Waals surface area (Å²) in [5.74, 6) is -0.0816. The number of hydrogen-bond acceptors (Lipinski definition) is 4. The first kappa shape index (κ1) is 13.0. The zero-order valence-electron chi connectivity index (χ0n) is 10.2. The van der Waals surface area contributed by atoms with Crippen molar-refractivity contribution in [2.45, 2.75) is 12.5 Å².